The van der Waals surface area contributed by atoms with Crippen molar-refractivity contribution in [3.05, 3.63) is 64.5 Å². The first-order chi connectivity index (χ1) is 13.9. The largest absolute Gasteiger partial charge is 0.495 e. The maximum atomic E-state index is 12.2. The van der Waals surface area contributed by atoms with Gasteiger partial charge in [-0.05, 0) is 42.0 Å². The van der Waals surface area contributed by atoms with E-state index in [1.807, 2.05) is 23.6 Å². The van der Waals surface area contributed by atoms with Crippen molar-refractivity contribution in [1.29, 1.82) is 0 Å². The lowest BCUT2D eigenvalue weighted by Gasteiger charge is -2.04. The summed E-state index contributed by atoms with van der Waals surface area (Å²) in [5.41, 5.74) is 3.09. The van der Waals surface area contributed by atoms with Crippen molar-refractivity contribution in [2.24, 2.45) is 0 Å². The van der Waals surface area contributed by atoms with E-state index in [0.29, 0.717) is 27.3 Å². The van der Waals surface area contributed by atoms with Crippen molar-refractivity contribution in [2.75, 3.05) is 17.7 Å². The van der Waals surface area contributed by atoms with Crippen LogP contribution >= 0.6 is 22.9 Å². The van der Waals surface area contributed by atoms with Gasteiger partial charge in [-0.15, -0.1) is 11.3 Å². The van der Waals surface area contributed by atoms with Crippen LogP contribution in [0, 0.1) is 0 Å². The standard InChI is InChI=1S/C21H18ClN3O3S/c1-13(26)23-16-7-3-14(4-8-16)5-10-20(27)25-21-24-18(12-29-21)15-6-9-19(28-2)17(22)11-15/h3-12H,1-2H3,(H,23,26)(H,24,25,27). The third-order valence-electron chi connectivity index (χ3n) is 3.84. The highest BCUT2D eigenvalue weighted by molar-refractivity contribution is 7.14. The Morgan fingerprint density at radius 2 is 1.90 bits per heavy atom. The van der Waals surface area contributed by atoms with Gasteiger partial charge in [0.05, 0.1) is 17.8 Å². The summed E-state index contributed by atoms with van der Waals surface area (Å²) in [6.45, 7) is 1.45. The number of amides is 2. The fourth-order valence-corrected chi connectivity index (χ4v) is 3.47. The molecule has 0 atom stereocenters. The van der Waals surface area contributed by atoms with Crippen molar-refractivity contribution < 1.29 is 14.3 Å². The van der Waals surface area contributed by atoms with Crippen molar-refractivity contribution in [1.82, 2.24) is 4.98 Å². The first-order valence-corrected chi connectivity index (χ1v) is 9.86. The fraction of sp³-hybridized carbons (Fsp3) is 0.0952. The quantitative estimate of drug-likeness (QED) is 0.537. The second-order valence-corrected chi connectivity index (χ2v) is 7.28. The van der Waals surface area contributed by atoms with E-state index >= 15 is 0 Å². The van der Waals surface area contributed by atoms with Crippen LogP contribution in [0.5, 0.6) is 5.75 Å². The number of benzene rings is 2. The first-order valence-electron chi connectivity index (χ1n) is 8.61. The molecular weight excluding hydrogens is 410 g/mol. The number of methoxy groups -OCH3 is 1. The van der Waals surface area contributed by atoms with Crippen LogP contribution in [0.25, 0.3) is 17.3 Å². The molecule has 0 spiro atoms. The van der Waals surface area contributed by atoms with E-state index in [1.54, 1.807) is 37.5 Å². The Labute approximate surface area is 177 Å². The average Bonchev–Trinajstić information content (AvgIpc) is 3.15. The molecule has 0 fully saturated rings. The van der Waals surface area contributed by atoms with E-state index in [4.69, 9.17) is 16.3 Å². The van der Waals surface area contributed by atoms with Gasteiger partial charge in [0, 0.05) is 29.6 Å². The molecule has 0 aliphatic heterocycles. The van der Waals surface area contributed by atoms with Gasteiger partial charge in [-0.25, -0.2) is 4.98 Å². The number of ether oxygens (including phenoxy) is 1. The Balaban J connectivity index is 1.62. The number of halogens is 1. The Hall–Kier alpha value is -3.16. The van der Waals surface area contributed by atoms with Gasteiger partial charge in [-0.3, -0.25) is 14.9 Å². The molecule has 29 heavy (non-hydrogen) atoms. The summed E-state index contributed by atoms with van der Waals surface area (Å²) < 4.78 is 5.15. The van der Waals surface area contributed by atoms with E-state index in [9.17, 15) is 9.59 Å². The fourth-order valence-electron chi connectivity index (χ4n) is 2.49. The zero-order chi connectivity index (χ0) is 20.8. The molecule has 0 saturated carbocycles. The number of nitrogens with zero attached hydrogens (tertiary/aromatic N) is 1. The Kier molecular flexibility index (Phi) is 6.64. The summed E-state index contributed by atoms with van der Waals surface area (Å²) in [6, 6.07) is 12.6. The smallest absolute Gasteiger partial charge is 0.250 e. The topological polar surface area (TPSA) is 80.3 Å². The van der Waals surface area contributed by atoms with Crippen LogP contribution in [0.3, 0.4) is 0 Å². The molecule has 148 valence electrons. The second-order valence-electron chi connectivity index (χ2n) is 6.01. The van der Waals surface area contributed by atoms with Gasteiger partial charge in [0.2, 0.25) is 11.8 Å². The molecule has 0 radical (unpaired) electrons. The molecule has 8 heteroatoms. The third kappa shape index (κ3) is 5.66. The number of carbonyl (C=O) groups excluding carboxylic acids is 2. The molecule has 0 aliphatic carbocycles. The summed E-state index contributed by atoms with van der Waals surface area (Å²) >= 11 is 7.48. The van der Waals surface area contributed by atoms with E-state index in [2.05, 4.69) is 15.6 Å². The highest BCUT2D eigenvalue weighted by Crippen LogP contribution is 2.31. The zero-order valence-corrected chi connectivity index (χ0v) is 17.3. The van der Waals surface area contributed by atoms with Gasteiger partial charge in [0.25, 0.3) is 0 Å². The second kappa shape index (κ2) is 9.36. The normalized spacial score (nSPS) is 10.7. The third-order valence-corrected chi connectivity index (χ3v) is 4.89. The van der Waals surface area contributed by atoms with Gasteiger partial charge in [0.1, 0.15) is 5.75 Å². The molecule has 0 bridgehead atoms. The van der Waals surface area contributed by atoms with Crippen molar-refractivity contribution in [3.8, 4) is 17.0 Å². The molecule has 0 unspecified atom stereocenters. The SMILES string of the molecule is COc1ccc(-c2csc(NC(=O)C=Cc3ccc(NC(C)=O)cc3)n2)cc1Cl. The molecule has 0 aliphatic rings. The highest BCUT2D eigenvalue weighted by atomic mass is 35.5. The minimum absolute atomic E-state index is 0.132. The van der Waals surface area contributed by atoms with Crippen LogP contribution < -0.4 is 15.4 Å². The lowest BCUT2D eigenvalue weighted by molar-refractivity contribution is -0.114. The molecule has 1 heterocycles. The molecule has 0 saturated heterocycles. The van der Waals surface area contributed by atoms with Gasteiger partial charge >= 0.3 is 0 Å². The molecule has 2 N–H and O–H groups in total. The maximum Gasteiger partial charge on any atom is 0.250 e. The number of aromatic nitrogens is 1. The average molecular weight is 428 g/mol. The Morgan fingerprint density at radius 1 is 1.14 bits per heavy atom. The van der Waals surface area contributed by atoms with Gasteiger partial charge in [-0.1, -0.05) is 23.7 Å². The number of hydrogen-bond acceptors (Lipinski definition) is 5. The predicted octanol–water partition coefficient (Wildman–Crippen LogP) is 5.08. The van der Waals surface area contributed by atoms with Gasteiger partial charge in [-0.2, -0.15) is 0 Å². The molecule has 2 amide bonds. The summed E-state index contributed by atoms with van der Waals surface area (Å²) in [6.07, 6.45) is 3.11. The van der Waals surface area contributed by atoms with E-state index in [0.717, 1.165) is 11.1 Å². The maximum absolute atomic E-state index is 12.2. The van der Waals surface area contributed by atoms with E-state index < -0.39 is 0 Å². The highest BCUT2D eigenvalue weighted by Gasteiger charge is 2.09. The van der Waals surface area contributed by atoms with Crippen LogP contribution in [0.2, 0.25) is 5.02 Å². The van der Waals surface area contributed by atoms with Crippen LogP contribution in [-0.2, 0) is 9.59 Å². The monoisotopic (exact) mass is 427 g/mol. The van der Waals surface area contributed by atoms with Gasteiger partial charge in [0.15, 0.2) is 5.13 Å². The minimum atomic E-state index is -0.287. The molecule has 3 rings (SSSR count). The Bertz CT molecular complexity index is 1060. The van der Waals surface area contributed by atoms with E-state index in [-0.39, 0.29) is 11.8 Å². The zero-order valence-electron chi connectivity index (χ0n) is 15.7. The van der Waals surface area contributed by atoms with Crippen molar-refractivity contribution in [3.63, 3.8) is 0 Å². The van der Waals surface area contributed by atoms with Crippen LogP contribution in [0.15, 0.2) is 53.9 Å². The number of thiazole rings is 1. The summed E-state index contributed by atoms with van der Waals surface area (Å²) in [7, 11) is 1.56. The molecule has 2 aromatic carbocycles. The lowest BCUT2D eigenvalue weighted by atomic mass is 10.2. The van der Waals surface area contributed by atoms with Crippen molar-refractivity contribution in [2.45, 2.75) is 6.92 Å². The summed E-state index contributed by atoms with van der Waals surface area (Å²) in [5, 5.41) is 8.26. The number of anilines is 2. The summed E-state index contributed by atoms with van der Waals surface area (Å²) in [4.78, 5) is 27.6. The van der Waals surface area contributed by atoms with Crippen LogP contribution in [0.1, 0.15) is 12.5 Å². The number of carbonyl (C=O) groups is 2. The van der Waals surface area contributed by atoms with E-state index in [1.165, 1.54) is 24.3 Å². The summed E-state index contributed by atoms with van der Waals surface area (Å²) in [5.74, 6) is 0.173. The Morgan fingerprint density at radius 3 is 2.55 bits per heavy atom. The predicted molar refractivity (Wildman–Crippen MR) is 118 cm³/mol. The first kappa shape index (κ1) is 20.6. The van der Waals surface area contributed by atoms with Crippen molar-refractivity contribution >= 4 is 51.6 Å². The molecular formula is C21H18ClN3O3S. The molecule has 3 aromatic rings. The number of nitrogens with one attached hydrogen (secondary N) is 2. The van der Waals surface area contributed by atoms with Crippen LogP contribution in [-0.4, -0.2) is 23.9 Å². The van der Waals surface area contributed by atoms with Gasteiger partial charge < -0.3 is 10.1 Å². The lowest BCUT2D eigenvalue weighted by Crippen LogP contribution is -2.07. The minimum Gasteiger partial charge on any atom is -0.495 e. The molecule has 6 nitrogen and oxygen atoms in total. The number of hydrogen-bond donors (Lipinski definition) is 2. The molecule has 1 aromatic heterocycles. The number of rotatable bonds is 6. The van der Waals surface area contributed by atoms with Crippen LogP contribution in [0.4, 0.5) is 10.8 Å².